The molecule has 1 rings (SSSR count). The van der Waals surface area contributed by atoms with Crippen LogP contribution in [0.25, 0.3) is 0 Å². The summed E-state index contributed by atoms with van der Waals surface area (Å²) in [5.41, 5.74) is 0. The van der Waals surface area contributed by atoms with Crippen molar-refractivity contribution in [3.05, 3.63) is 24.3 Å². The highest BCUT2D eigenvalue weighted by Crippen LogP contribution is 2.34. The van der Waals surface area contributed by atoms with Crippen molar-refractivity contribution < 1.29 is 9.53 Å². The Labute approximate surface area is 162 Å². The van der Waals surface area contributed by atoms with Gasteiger partial charge in [0.2, 0.25) is 0 Å². The van der Waals surface area contributed by atoms with Gasteiger partial charge >= 0.3 is 5.97 Å². The molecule has 1 aliphatic carbocycles. The zero-order valence-corrected chi connectivity index (χ0v) is 17.2. The van der Waals surface area contributed by atoms with Crippen molar-refractivity contribution in [1.29, 1.82) is 0 Å². The summed E-state index contributed by atoms with van der Waals surface area (Å²) in [7, 11) is 0. The molecule has 0 heterocycles. The molecule has 150 valence electrons. The average Bonchev–Trinajstić information content (AvgIpc) is 3.46. The number of unbranched alkanes of at least 4 members (excludes halogenated alkanes) is 10. The van der Waals surface area contributed by atoms with E-state index in [4.69, 9.17) is 4.74 Å². The lowest BCUT2D eigenvalue weighted by Crippen LogP contribution is -2.05. The molecular formula is C24H42O2. The third-order valence-electron chi connectivity index (χ3n) is 5.16. The maximum absolute atomic E-state index is 11.7. The summed E-state index contributed by atoms with van der Waals surface area (Å²) in [4.78, 5) is 11.7. The molecule has 26 heavy (non-hydrogen) atoms. The number of hydrogen-bond donors (Lipinski definition) is 0. The molecule has 0 aromatic rings. The second kappa shape index (κ2) is 17.4. The lowest BCUT2D eigenvalue weighted by Gasteiger charge is -2.05. The van der Waals surface area contributed by atoms with E-state index in [1.165, 1.54) is 83.5 Å². The first-order valence-corrected chi connectivity index (χ1v) is 11.3. The van der Waals surface area contributed by atoms with Crippen LogP contribution in [0.2, 0.25) is 0 Å². The summed E-state index contributed by atoms with van der Waals surface area (Å²) >= 11 is 0. The smallest absolute Gasteiger partial charge is 0.305 e. The topological polar surface area (TPSA) is 26.3 Å². The van der Waals surface area contributed by atoms with Gasteiger partial charge in [-0.25, -0.2) is 0 Å². The Kier molecular flexibility index (Phi) is 15.4. The van der Waals surface area contributed by atoms with Crippen LogP contribution in [0, 0.1) is 5.92 Å². The number of carbonyl (C=O) groups is 1. The van der Waals surface area contributed by atoms with Crippen molar-refractivity contribution in [2.75, 3.05) is 6.61 Å². The Morgan fingerprint density at radius 1 is 0.846 bits per heavy atom. The number of rotatable bonds is 18. The molecule has 0 aliphatic heterocycles. The van der Waals surface area contributed by atoms with Gasteiger partial charge in [0.05, 0.1) is 6.61 Å². The molecule has 1 fully saturated rings. The number of ether oxygens (including phenoxy) is 1. The molecule has 1 aliphatic rings. The van der Waals surface area contributed by atoms with Crippen molar-refractivity contribution in [3.63, 3.8) is 0 Å². The predicted molar refractivity (Wildman–Crippen MR) is 112 cm³/mol. The number of esters is 1. The molecule has 0 saturated heterocycles. The van der Waals surface area contributed by atoms with E-state index in [-0.39, 0.29) is 5.97 Å². The second-order valence-corrected chi connectivity index (χ2v) is 7.83. The lowest BCUT2D eigenvalue weighted by molar-refractivity contribution is -0.143. The third kappa shape index (κ3) is 16.4. The van der Waals surface area contributed by atoms with E-state index < -0.39 is 0 Å². The molecule has 0 radical (unpaired) electrons. The van der Waals surface area contributed by atoms with Crippen LogP contribution < -0.4 is 0 Å². The standard InChI is InChI=1S/C24H42O2/c1-2-3-4-5-6-7-8-9-10-11-14-17-22-26-24(25)19-16-13-12-15-18-23-20-21-23/h2-5,23H,6-22H2,1H3. The monoisotopic (exact) mass is 362 g/mol. The summed E-state index contributed by atoms with van der Waals surface area (Å²) in [6, 6.07) is 0. The van der Waals surface area contributed by atoms with Gasteiger partial charge in [-0.2, -0.15) is 0 Å². The summed E-state index contributed by atoms with van der Waals surface area (Å²) in [5, 5.41) is 0. The number of carbonyl (C=O) groups excluding carboxylic acids is 1. The predicted octanol–water partition coefficient (Wildman–Crippen LogP) is 7.53. The molecule has 2 nitrogen and oxygen atoms in total. The van der Waals surface area contributed by atoms with Crippen LogP contribution in [0.3, 0.4) is 0 Å². The van der Waals surface area contributed by atoms with Gasteiger partial charge < -0.3 is 4.74 Å². The zero-order valence-electron chi connectivity index (χ0n) is 17.2. The molecule has 0 N–H and O–H groups in total. The highest BCUT2D eigenvalue weighted by atomic mass is 16.5. The molecule has 1 saturated carbocycles. The molecule has 0 amide bonds. The van der Waals surface area contributed by atoms with Crippen molar-refractivity contribution >= 4 is 5.97 Å². The minimum Gasteiger partial charge on any atom is -0.466 e. The maximum Gasteiger partial charge on any atom is 0.305 e. The van der Waals surface area contributed by atoms with Crippen LogP contribution in [-0.4, -0.2) is 12.6 Å². The van der Waals surface area contributed by atoms with Crippen LogP contribution in [-0.2, 0) is 9.53 Å². The van der Waals surface area contributed by atoms with Crippen molar-refractivity contribution in [3.8, 4) is 0 Å². The van der Waals surface area contributed by atoms with Crippen LogP contribution in [0.4, 0.5) is 0 Å². The van der Waals surface area contributed by atoms with E-state index in [9.17, 15) is 4.79 Å². The van der Waals surface area contributed by atoms with Crippen LogP contribution in [0.5, 0.6) is 0 Å². The fraction of sp³-hybridized carbons (Fsp3) is 0.792. The van der Waals surface area contributed by atoms with Gasteiger partial charge in [0, 0.05) is 6.42 Å². The van der Waals surface area contributed by atoms with E-state index in [0.29, 0.717) is 13.0 Å². The van der Waals surface area contributed by atoms with Crippen molar-refractivity contribution in [2.24, 2.45) is 5.92 Å². The summed E-state index contributed by atoms with van der Waals surface area (Å²) < 4.78 is 5.34. The quantitative estimate of drug-likeness (QED) is 0.143. The van der Waals surface area contributed by atoms with E-state index >= 15 is 0 Å². The van der Waals surface area contributed by atoms with Crippen LogP contribution >= 0.6 is 0 Å². The van der Waals surface area contributed by atoms with E-state index in [1.807, 2.05) is 6.92 Å². The first-order chi connectivity index (χ1) is 12.8. The minimum atomic E-state index is 0.0122. The summed E-state index contributed by atoms with van der Waals surface area (Å²) in [6.45, 7) is 2.67. The van der Waals surface area contributed by atoms with Crippen LogP contribution in [0.1, 0.15) is 110 Å². The summed E-state index contributed by atoms with van der Waals surface area (Å²) in [6.07, 6.45) is 28.3. The van der Waals surface area contributed by atoms with Gasteiger partial charge in [0.25, 0.3) is 0 Å². The van der Waals surface area contributed by atoms with Gasteiger partial charge in [0.1, 0.15) is 0 Å². The number of hydrogen-bond acceptors (Lipinski definition) is 2. The van der Waals surface area contributed by atoms with E-state index in [1.54, 1.807) is 0 Å². The fourth-order valence-electron chi connectivity index (χ4n) is 3.25. The van der Waals surface area contributed by atoms with E-state index in [0.717, 1.165) is 18.8 Å². The Bertz CT molecular complexity index is 380. The molecular weight excluding hydrogens is 320 g/mol. The largest absolute Gasteiger partial charge is 0.466 e. The molecule has 2 heteroatoms. The number of allylic oxidation sites excluding steroid dienone is 4. The Hall–Kier alpha value is -1.05. The van der Waals surface area contributed by atoms with Gasteiger partial charge in [-0.3, -0.25) is 4.79 Å². The molecule has 0 atom stereocenters. The molecule has 0 aromatic heterocycles. The molecule has 0 bridgehead atoms. The zero-order chi connectivity index (χ0) is 18.7. The highest BCUT2D eigenvalue weighted by molar-refractivity contribution is 5.69. The average molecular weight is 363 g/mol. The second-order valence-electron chi connectivity index (χ2n) is 7.83. The van der Waals surface area contributed by atoms with Crippen molar-refractivity contribution in [2.45, 2.75) is 110 Å². The van der Waals surface area contributed by atoms with Gasteiger partial charge in [0.15, 0.2) is 0 Å². The Morgan fingerprint density at radius 2 is 1.50 bits per heavy atom. The van der Waals surface area contributed by atoms with Gasteiger partial charge in [-0.15, -0.1) is 0 Å². The fourth-order valence-corrected chi connectivity index (χ4v) is 3.25. The normalized spacial score (nSPS) is 14.5. The molecule has 0 spiro atoms. The summed E-state index contributed by atoms with van der Waals surface area (Å²) in [5.74, 6) is 1.06. The maximum atomic E-state index is 11.7. The van der Waals surface area contributed by atoms with Crippen molar-refractivity contribution in [1.82, 2.24) is 0 Å². The Morgan fingerprint density at radius 3 is 2.23 bits per heavy atom. The highest BCUT2D eigenvalue weighted by Gasteiger charge is 2.19. The third-order valence-corrected chi connectivity index (χ3v) is 5.16. The molecule has 0 unspecified atom stereocenters. The lowest BCUT2D eigenvalue weighted by atomic mass is 10.1. The SMILES string of the molecule is CC=CC=CCCCCCCCCCOC(=O)CCCCCCC1CC1. The van der Waals surface area contributed by atoms with Gasteiger partial charge in [-0.1, -0.05) is 94.9 Å². The van der Waals surface area contributed by atoms with Gasteiger partial charge in [-0.05, 0) is 38.5 Å². The first-order valence-electron chi connectivity index (χ1n) is 11.3. The first kappa shape index (κ1) is 23.0. The molecule has 0 aromatic carbocycles. The Balaban J connectivity index is 1.71. The minimum absolute atomic E-state index is 0.0122. The van der Waals surface area contributed by atoms with Crippen LogP contribution in [0.15, 0.2) is 24.3 Å². The van der Waals surface area contributed by atoms with E-state index in [2.05, 4.69) is 24.3 Å².